The molecule has 0 atom stereocenters. The van der Waals surface area contributed by atoms with Crippen LogP contribution in [0.4, 0.5) is 0 Å². The minimum atomic E-state index is -0.486. The molecule has 0 amide bonds. The number of unbranched alkanes of at least 4 members (excludes halogenated alkanes) is 12. The Kier molecular flexibility index (Phi) is 18.8. The maximum absolute atomic E-state index is 11.9. The molecule has 4 heteroatoms. The van der Waals surface area contributed by atoms with Gasteiger partial charge in [-0.15, -0.1) is 0 Å². The van der Waals surface area contributed by atoms with E-state index in [0.717, 1.165) is 12.8 Å². The Morgan fingerprint density at radius 3 is 1.47 bits per heavy atom. The Labute approximate surface area is 186 Å². The van der Waals surface area contributed by atoms with Crippen LogP contribution in [0.15, 0.2) is 12.2 Å². The lowest BCUT2D eigenvalue weighted by molar-refractivity contribution is -0.148. The molecule has 0 spiro atoms. The van der Waals surface area contributed by atoms with E-state index in [9.17, 15) is 9.59 Å². The topological polar surface area (TPSA) is 52.6 Å². The van der Waals surface area contributed by atoms with E-state index in [1.807, 2.05) is 27.7 Å². The fourth-order valence-electron chi connectivity index (χ4n) is 3.69. The third-order valence-electron chi connectivity index (χ3n) is 5.41. The lowest BCUT2D eigenvalue weighted by Gasteiger charge is -2.24. The molecule has 0 fully saturated rings. The summed E-state index contributed by atoms with van der Waals surface area (Å²) in [7, 11) is 0. The van der Waals surface area contributed by atoms with Crippen molar-refractivity contribution >= 4 is 11.9 Å². The smallest absolute Gasteiger partial charge is 0.331 e. The van der Waals surface area contributed by atoms with Crippen LogP contribution in [0.3, 0.4) is 0 Å². The summed E-state index contributed by atoms with van der Waals surface area (Å²) in [6.07, 6.45) is 18.9. The number of hydrogen-bond acceptors (Lipinski definition) is 4. The van der Waals surface area contributed by atoms with Gasteiger partial charge in [0.2, 0.25) is 0 Å². The molecule has 0 saturated carbocycles. The molecule has 0 rings (SSSR count). The fraction of sp³-hybridized carbons (Fsp3) is 0.846. The van der Waals surface area contributed by atoms with E-state index >= 15 is 0 Å². The van der Waals surface area contributed by atoms with E-state index < -0.39 is 11.9 Å². The zero-order chi connectivity index (χ0) is 22.6. The Balaban J connectivity index is 3.59. The summed E-state index contributed by atoms with van der Waals surface area (Å²) in [5.74, 6) is -0.480. The second-order valence-electron chi connectivity index (χ2n) is 9.13. The van der Waals surface area contributed by atoms with Gasteiger partial charge in [0.15, 0.2) is 0 Å². The van der Waals surface area contributed by atoms with Crippen molar-refractivity contribution in [3.63, 3.8) is 0 Å². The molecular formula is C26H48O4. The highest BCUT2D eigenvalue weighted by Crippen LogP contribution is 2.16. The van der Waals surface area contributed by atoms with Crippen LogP contribution in [-0.2, 0) is 19.1 Å². The molecule has 0 aromatic carbocycles. The van der Waals surface area contributed by atoms with Crippen LogP contribution < -0.4 is 0 Å². The quantitative estimate of drug-likeness (QED) is 0.123. The molecule has 0 radical (unpaired) electrons. The molecular weight excluding hydrogens is 376 g/mol. The first-order valence-corrected chi connectivity index (χ1v) is 12.4. The summed E-state index contributed by atoms with van der Waals surface area (Å²) < 4.78 is 10.6. The van der Waals surface area contributed by atoms with Gasteiger partial charge in [-0.05, 0) is 18.3 Å². The van der Waals surface area contributed by atoms with Crippen LogP contribution in [-0.4, -0.2) is 24.6 Å². The van der Waals surface area contributed by atoms with Gasteiger partial charge >= 0.3 is 11.9 Å². The number of rotatable bonds is 19. The minimum Gasteiger partial charge on any atom is -0.463 e. The summed E-state index contributed by atoms with van der Waals surface area (Å²) in [6, 6.07) is 0. The first-order valence-electron chi connectivity index (χ1n) is 12.4. The van der Waals surface area contributed by atoms with E-state index in [2.05, 4.69) is 6.92 Å². The highest BCUT2D eigenvalue weighted by atomic mass is 16.5. The number of hydrogen-bond donors (Lipinski definition) is 0. The van der Waals surface area contributed by atoms with Crippen molar-refractivity contribution in [2.75, 3.05) is 6.61 Å². The van der Waals surface area contributed by atoms with Gasteiger partial charge in [-0.1, -0.05) is 112 Å². The number of esters is 2. The van der Waals surface area contributed by atoms with Crippen LogP contribution in [0.1, 0.15) is 118 Å². The average Bonchev–Trinajstić information content (AvgIpc) is 2.70. The second kappa shape index (κ2) is 19.6. The maximum atomic E-state index is 11.9. The molecule has 0 saturated heterocycles. The summed E-state index contributed by atoms with van der Waals surface area (Å²) in [6.45, 7) is 10.8. The van der Waals surface area contributed by atoms with Crippen molar-refractivity contribution in [3.05, 3.63) is 12.2 Å². The van der Waals surface area contributed by atoms with Crippen molar-refractivity contribution in [1.29, 1.82) is 0 Å². The Bertz CT molecular complexity index is 446. The fourth-order valence-corrected chi connectivity index (χ4v) is 3.69. The van der Waals surface area contributed by atoms with Crippen LogP contribution in [0, 0.1) is 11.8 Å². The molecule has 0 heterocycles. The lowest BCUT2D eigenvalue weighted by atomic mass is 9.96. The predicted molar refractivity (Wildman–Crippen MR) is 125 cm³/mol. The zero-order valence-corrected chi connectivity index (χ0v) is 20.4. The van der Waals surface area contributed by atoms with Gasteiger partial charge in [-0.25, -0.2) is 9.59 Å². The summed E-state index contributed by atoms with van der Waals surface area (Å²) >= 11 is 0. The molecule has 30 heavy (non-hydrogen) atoms. The van der Waals surface area contributed by atoms with E-state index in [-0.39, 0.29) is 17.9 Å². The van der Waals surface area contributed by atoms with Gasteiger partial charge in [0.25, 0.3) is 0 Å². The van der Waals surface area contributed by atoms with Crippen LogP contribution in [0.2, 0.25) is 0 Å². The summed E-state index contributed by atoms with van der Waals surface area (Å²) in [4.78, 5) is 23.6. The molecule has 0 unspecified atom stereocenters. The van der Waals surface area contributed by atoms with Crippen LogP contribution >= 0.6 is 0 Å². The maximum Gasteiger partial charge on any atom is 0.331 e. The predicted octanol–water partition coefficient (Wildman–Crippen LogP) is 7.40. The molecule has 0 bridgehead atoms. The molecule has 0 aromatic heterocycles. The van der Waals surface area contributed by atoms with Gasteiger partial charge in [0, 0.05) is 12.2 Å². The first kappa shape index (κ1) is 28.7. The van der Waals surface area contributed by atoms with E-state index in [1.54, 1.807) is 0 Å². The molecule has 0 aliphatic heterocycles. The van der Waals surface area contributed by atoms with Gasteiger partial charge in [-0.2, -0.15) is 0 Å². The zero-order valence-electron chi connectivity index (χ0n) is 20.4. The highest BCUT2D eigenvalue weighted by Gasteiger charge is 2.20. The Morgan fingerprint density at radius 1 is 0.633 bits per heavy atom. The van der Waals surface area contributed by atoms with Crippen molar-refractivity contribution in [2.45, 2.75) is 124 Å². The van der Waals surface area contributed by atoms with E-state index in [4.69, 9.17) is 9.47 Å². The SMILES string of the molecule is CCCCCCCCCCCCCCCOC(=O)/C=C/C(=O)OC(C(C)C)C(C)C. The second-order valence-corrected chi connectivity index (χ2v) is 9.13. The molecule has 4 nitrogen and oxygen atoms in total. The minimum absolute atomic E-state index is 0.149. The summed E-state index contributed by atoms with van der Waals surface area (Å²) in [5.41, 5.74) is 0. The third kappa shape index (κ3) is 17.5. The first-order chi connectivity index (χ1) is 14.4. The number of carbonyl (C=O) groups is 2. The molecule has 176 valence electrons. The monoisotopic (exact) mass is 424 g/mol. The van der Waals surface area contributed by atoms with Crippen molar-refractivity contribution in [3.8, 4) is 0 Å². The third-order valence-corrected chi connectivity index (χ3v) is 5.41. The van der Waals surface area contributed by atoms with Crippen molar-refractivity contribution < 1.29 is 19.1 Å². The molecule has 0 aromatic rings. The van der Waals surface area contributed by atoms with Gasteiger partial charge in [0.1, 0.15) is 6.10 Å². The molecule has 0 aliphatic carbocycles. The standard InChI is InChI=1S/C26H48O4/c1-6-7-8-9-10-11-12-13-14-15-16-17-18-21-29-24(27)19-20-25(28)30-26(22(2)3)23(4)5/h19-20,22-23,26H,6-18,21H2,1-5H3/b20-19+. The summed E-state index contributed by atoms with van der Waals surface area (Å²) in [5, 5.41) is 0. The molecule has 0 aliphatic rings. The molecule has 0 N–H and O–H groups in total. The van der Waals surface area contributed by atoms with E-state index in [1.165, 1.54) is 82.8 Å². The van der Waals surface area contributed by atoms with Crippen molar-refractivity contribution in [2.24, 2.45) is 11.8 Å². The van der Waals surface area contributed by atoms with E-state index in [0.29, 0.717) is 6.61 Å². The average molecular weight is 425 g/mol. The lowest BCUT2D eigenvalue weighted by Crippen LogP contribution is -2.28. The van der Waals surface area contributed by atoms with Gasteiger partial charge in [0.05, 0.1) is 6.61 Å². The normalized spacial score (nSPS) is 11.7. The van der Waals surface area contributed by atoms with Crippen LogP contribution in [0.25, 0.3) is 0 Å². The largest absolute Gasteiger partial charge is 0.463 e. The van der Waals surface area contributed by atoms with Crippen molar-refractivity contribution in [1.82, 2.24) is 0 Å². The number of ether oxygens (including phenoxy) is 2. The Hall–Kier alpha value is -1.32. The van der Waals surface area contributed by atoms with Gasteiger partial charge < -0.3 is 9.47 Å². The Morgan fingerprint density at radius 2 is 1.03 bits per heavy atom. The number of carbonyl (C=O) groups excluding carboxylic acids is 2. The van der Waals surface area contributed by atoms with Gasteiger partial charge in [-0.3, -0.25) is 0 Å². The van der Waals surface area contributed by atoms with Crippen LogP contribution in [0.5, 0.6) is 0 Å². The highest BCUT2D eigenvalue weighted by molar-refractivity contribution is 5.91.